The molecule has 6 rings (SSSR count). The Balaban J connectivity index is 1.75. The summed E-state index contributed by atoms with van der Waals surface area (Å²) in [6.45, 7) is 2.12. The Kier molecular flexibility index (Phi) is 3.16. The first-order valence-corrected chi connectivity index (χ1v) is 9.73. The highest BCUT2D eigenvalue weighted by Crippen LogP contribution is 2.34. The third-order valence-corrected chi connectivity index (χ3v) is 5.85. The van der Waals surface area contributed by atoms with Gasteiger partial charge in [0.1, 0.15) is 11.4 Å². The number of aliphatic imine (C=N–C) groups is 1. The molecule has 4 aromatic rings. The lowest BCUT2D eigenvalue weighted by molar-refractivity contribution is 0.107. The molecule has 140 valence electrons. The summed E-state index contributed by atoms with van der Waals surface area (Å²) in [5.41, 5.74) is 5.30. The molecule has 2 aromatic heterocycles. The zero-order chi connectivity index (χ0) is 19.7. The van der Waals surface area contributed by atoms with Crippen LogP contribution in [0.5, 0.6) is 0 Å². The van der Waals surface area contributed by atoms with Crippen LogP contribution in [0.15, 0.2) is 64.4 Å². The Morgan fingerprint density at radius 2 is 1.86 bits per heavy atom. The number of fused-ring (bicyclic) bond motifs is 5. The Morgan fingerprint density at radius 1 is 1.07 bits per heavy atom. The highest BCUT2D eigenvalue weighted by atomic mass is 16.1. The van der Waals surface area contributed by atoms with Crippen molar-refractivity contribution in [2.75, 3.05) is 0 Å². The summed E-state index contributed by atoms with van der Waals surface area (Å²) in [5, 5.41) is 0.847. The predicted octanol–water partition coefficient (Wildman–Crippen LogP) is 4.30. The molecule has 2 aliphatic rings. The highest BCUT2D eigenvalue weighted by Gasteiger charge is 2.31. The molecule has 0 amide bonds. The zero-order valence-electron chi connectivity index (χ0n) is 15.8. The zero-order valence-corrected chi connectivity index (χ0v) is 15.8. The molecule has 0 saturated heterocycles. The van der Waals surface area contributed by atoms with E-state index < -0.39 is 0 Å². The molecule has 29 heavy (non-hydrogen) atoms. The lowest BCUT2D eigenvalue weighted by atomic mass is 9.95. The van der Waals surface area contributed by atoms with Crippen molar-refractivity contribution in [2.45, 2.75) is 13.3 Å². The quantitative estimate of drug-likeness (QED) is 0.536. The lowest BCUT2D eigenvalue weighted by Crippen LogP contribution is -2.23. The number of rotatable bonds is 1. The van der Waals surface area contributed by atoms with E-state index >= 15 is 0 Å². The molecule has 5 nitrogen and oxygen atoms in total. The number of nitrogens with one attached hydrogen (secondary N) is 1. The Bertz CT molecular complexity index is 1480. The third kappa shape index (κ3) is 2.12. The average molecular weight is 379 g/mol. The number of aromatic nitrogens is 2. The minimum atomic E-state index is -0.106. The number of hydrogen-bond acceptors (Lipinski definition) is 3. The summed E-state index contributed by atoms with van der Waals surface area (Å²) >= 11 is 0. The number of H-pyrrole nitrogens is 1. The van der Waals surface area contributed by atoms with Gasteiger partial charge in [-0.05, 0) is 30.5 Å². The molecule has 2 aromatic carbocycles. The van der Waals surface area contributed by atoms with Gasteiger partial charge >= 0.3 is 0 Å². The molecule has 0 bridgehead atoms. The molecular weight excluding hydrogens is 362 g/mol. The summed E-state index contributed by atoms with van der Waals surface area (Å²) in [6.07, 6.45) is 4.74. The maximum Gasteiger partial charge on any atom is 0.265 e. The Hall–Kier alpha value is -3.73. The van der Waals surface area contributed by atoms with Crippen LogP contribution in [0, 0.1) is 5.92 Å². The SMILES string of the molecule is CC1C=Cc2c([nH]c3c(C4=Nc5ccccc5C4=O)c4ccccc4n3c2=O)C1. The van der Waals surface area contributed by atoms with Gasteiger partial charge in [0.2, 0.25) is 5.78 Å². The van der Waals surface area contributed by atoms with E-state index in [0.29, 0.717) is 39.7 Å². The van der Waals surface area contributed by atoms with E-state index in [0.717, 1.165) is 23.0 Å². The van der Waals surface area contributed by atoms with Gasteiger partial charge in [-0.3, -0.25) is 14.0 Å². The van der Waals surface area contributed by atoms with Crippen LogP contribution in [0.1, 0.15) is 34.1 Å². The van der Waals surface area contributed by atoms with E-state index in [2.05, 4.69) is 23.0 Å². The van der Waals surface area contributed by atoms with Crippen molar-refractivity contribution in [1.29, 1.82) is 0 Å². The maximum absolute atomic E-state index is 13.4. The van der Waals surface area contributed by atoms with E-state index in [1.165, 1.54) is 0 Å². The standard InChI is InChI=1S/C24H17N3O2/c1-13-10-11-15-18(12-13)26-23-20(16-7-3-5-9-19(16)27(23)24(15)29)21-22(28)14-6-2-4-8-17(14)25-21/h2-11,13,26H,12H2,1H3. The fraction of sp³-hybridized carbons (Fsp3) is 0.125. The summed E-state index contributed by atoms with van der Waals surface area (Å²) in [4.78, 5) is 34.7. The second-order valence-electron chi connectivity index (χ2n) is 7.75. The number of Topliss-reactive ketones (excluding diaryl/α,β-unsaturated/α-hetero) is 1. The maximum atomic E-state index is 13.4. The number of hydrogen-bond donors (Lipinski definition) is 1. The van der Waals surface area contributed by atoms with Gasteiger partial charge in [-0.25, -0.2) is 4.99 Å². The first-order valence-electron chi connectivity index (χ1n) is 9.73. The molecule has 0 saturated carbocycles. The normalized spacial score (nSPS) is 17.6. The van der Waals surface area contributed by atoms with Crippen LogP contribution in [0.25, 0.3) is 22.6 Å². The number of aromatic amines is 1. The molecule has 5 heteroatoms. The van der Waals surface area contributed by atoms with Gasteiger partial charge in [-0.15, -0.1) is 0 Å². The van der Waals surface area contributed by atoms with Crippen LogP contribution in [0.3, 0.4) is 0 Å². The molecule has 0 fully saturated rings. The van der Waals surface area contributed by atoms with Gasteiger partial charge in [0.15, 0.2) is 0 Å². The smallest absolute Gasteiger partial charge is 0.265 e. The molecule has 1 unspecified atom stereocenters. The van der Waals surface area contributed by atoms with Crippen molar-refractivity contribution in [3.05, 3.63) is 87.3 Å². The van der Waals surface area contributed by atoms with Crippen LogP contribution < -0.4 is 5.56 Å². The van der Waals surface area contributed by atoms with Crippen molar-refractivity contribution >= 4 is 39.8 Å². The number of allylic oxidation sites excluding steroid dienone is 1. The number of benzene rings is 2. The van der Waals surface area contributed by atoms with E-state index in [9.17, 15) is 9.59 Å². The molecule has 1 N–H and O–H groups in total. The molecule has 0 radical (unpaired) electrons. The second-order valence-corrected chi connectivity index (χ2v) is 7.75. The van der Waals surface area contributed by atoms with Crippen LogP contribution >= 0.6 is 0 Å². The topological polar surface area (TPSA) is 66.7 Å². The number of ketones is 1. The van der Waals surface area contributed by atoms with E-state index in [4.69, 9.17) is 0 Å². The number of carbonyl (C=O) groups excluding carboxylic acids is 1. The Morgan fingerprint density at radius 3 is 2.72 bits per heavy atom. The van der Waals surface area contributed by atoms with Crippen LogP contribution in [-0.2, 0) is 6.42 Å². The van der Waals surface area contributed by atoms with Crippen molar-refractivity contribution in [2.24, 2.45) is 10.9 Å². The molecule has 3 heterocycles. The lowest BCUT2D eigenvalue weighted by Gasteiger charge is -2.16. The minimum Gasteiger partial charge on any atom is -0.343 e. The first-order chi connectivity index (χ1) is 14.1. The van der Waals surface area contributed by atoms with Crippen LogP contribution in [0.2, 0.25) is 0 Å². The van der Waals surface area contributed by atoms with Crippen molar-refractivity contribution in [1.82, 2.24) is 9.38 Å². The first kappa shape index (κ1) is 16.2. The summed E-state index contributed by atoms with van der Waals surface area (Å²) in [7, 11) is 0. The fourth-order valence-corrected chi connectivity index (χ4v) is 4.48. The molecule has 1 atom stereocenters. The van der Waals surface area contributed by atoms with Crippen molar-refractivity contribution in [3.63, 3.8) is 0 Å². The minimum absolute atomic E-state index is 0.0667. The number of para-hydroxylation sites is 2. The molecule has 1 aliphatic carbocycles. The van der Waals surface area contributed by atoms with Crippen LogP contribution in [0.4, 0.5) is 5.69 Å². The largest absolute Gasteiger partial charge is 0.343 e. The van der Waals surface area contributed by atoms with Gasteiger partial charge in [0, 0.05) is 16.6 Å². The summed E-state index contributed by atoms with van der Waals surface area (Å²) in [5.74, 6) is 0.244. The molecular formula is C24H17N3O2. The monoisotopic (exact) mass is 379 g/mol. The number of carbonyl (C=O) groups is 1. The summed E-state index contributed by atoms with van der Waals surface area (Å²) < 4.78 is 1.68. The van der Waals surface area contributed by atoms with E-state index in [-0.39, 0.29) is 11.3 Å². The van der Waals surface area contributed by atoms with Gasteiger partial charge < -0.3 is 4.98 Å². The van der Waals surface area contributed by atoms with Crippen molar-refractivity contribution in [3.8, 4) is 0 Å². The van der Waals surface area contributed by atoms with Gasteiger partial charge in [0.25, 0.3) is 5.56 Å². The Labute approximate surface area is 166 Å². The summed E-state index contributed by atoms with van der Waals surface area (Å²) in [6, 6.07) is 15.0. The fourth-order valence-electron chi connectivity index (χ4n) is 4.48. The van der Waals surface area contributed by atoms with Gasteiger partial charge in [0.05, 0.1) is 22.3 Å². The highest BCUT2D eigenvalue weighted by molar-refractivity contribution is 6.57. The second kappa shape index (κ2) is 5.64. The van der Waals surface area contributed by atoms with Gasteiger partial charge in [-0.2, -0.15) is 0 Å². The van der Waals surface area contributed by atoms with Crippen molar-refractivity contribution < 1.29 is 4.79 Å². The third-order valence-electron chi connectivity index (χ3n) is 5.85. The molecule has 1 aliphatic heterocycles. The molecule has 0 spiro atoms. The number of nitrogens with zero attached hydrogens (tertiary/aromatic N) is 2. The van der Waals surface area contributed by atoms with Gasteiger partial charge in [-0.1, -0.05) is 49.4 Å². The average Bonchev–Trinajstić information content (AvgIpc) is 3.23. The predicted molar refractivity (Wildman–Crippen MR) is 114 cm³/mol. The van der Waals surface area contributed by atoms with E-state index in [1.807, 2.05) is 48.5 Å². The van der Waals surface area contributed by atoms with E-state index in [1.54, 1.807) is 10.5 Å². The van der Waals surface area contributed by atoms with Crippen LogP contribution in [-0.4, -0.2) is 20.9 Å².